The lowest BCUT2D eigenvalue weighted by Gasteiger charge is -2.37. The van der Waals surface area contributed by atoms with Crippen molar-refractivity contribution in [3.63, 3.8) is 0 Å². The van der Waals surface area contributed by atoms with E-state index in [-0.39, 0.29) is 11.8 Å². The molecule has 5 heteroatoms. The maximum atomic E-state index is 13.3. The molecule has 3 aromatic rings. The molecule has 0 bridgehead atoms. The molecule has 1 aliphatic heterocycles. The number of amides is 1. The number of rotatable bonds is 8. The fourth-order valence-corrected chi connectivity index (χ4v) is 4.85. The van der Waals surface area contributed by atoms with Crippen molar-refractivity contribution < 1.29 is 14.3 Å². The molecule has 0 saturated carbocycles. The van der Waals surface area contributed by atoms with Crippen molar-refractivity contribution in [1.82, 2.24) is 10.2 Å². The molecule has 0 aliphatic carbocycles. The van der Waals surface area contributed by atoms with Gasteiger partial charge in [0.05, 0.1) is 20.1 Å². The van der Waals surface area contributed by atoms with Gasteiger partial charge in [-0.2, -0.15) is 0 Å². The normalized spacial score (nSPS) is 18.3. The highest BCUT2D eigenvalue weighted by Gasteiger charge is 2.32. The van der Waals surface area contributed by atoms with E-state index in [1.54, 1.807) is 14.2 Å². The number of nitrogens with one attached hydrogen (secondary N) is 1. The average Bonchev–Trinajstić information content (AvgIpc) is 2.87. The fraction of sp³-hybridized carbons (Fsp3) is 0.345. The smallest absolute Gasteiger partial charge is 0.224 e. The Labute approximate surface area is 202 Å². The van der Waals surface area contributed by atoms with E-state index in [4.69, 9.17) is 9.47 Å². The number of benzene rings is 3. The fourth-order valence-electron chi connectivity index (χ4n) is 4.85. The van der Waals surface area contributed by atoms with Crippen molar-refractivity contribution in [1.29, 1.82) is 0 Å². The van der Waals surface area contributed by atoms with Gasteiger partial charge in [-0.15, -0.1) is 0 Å². The molecular weight excluding hydrogens is 424 g/mol. The molecule has 0 spiro atoms. The van der Waals surface area contributed by atoms with Gasteiger partial charge < -0.3 is 14.8 Å². The Bertz CT molecular complexity index is 1080. The summed E-state index contributed by atoms with van der Waals surface area (Å²) in [5.41, 5.74) is 4.73. The molecule has 1 saturated heterocycles. The first-order valence-corrected chi connectivity index (χ1v) is 11.9. The van der Waals surface area contributed by atoms with Gasteiger partial charge in [-0.1, -0.05) is 60.2 Å². The van der Waals surface area contributed by atoms with Crippen LogP contribution in [-0.2, 0) is 17.9 Å². The topological polar surface area (TPSA) is 50.8 Å². The minimum absolute atomic E-state index is 0.0729. The summed E-state index contributed by atoms with van der Waals surface area (Å²) >= 11 is 0. The monoisotopic (exact) mass is 458 g/mol. The van der Waals surface area contributed by atoms with Crippen LogP contribution < -0.4 is 14.8 Å². The molecule has 34 heavy (non-hydrogen) atoms. The number of hydrogen-bond donors (Lipinski definition) is 1. The van der Waals surface area contributed by atoms with Crippen LogP contribution in [0, 0.1) is 12.8 Å². The summed E-state index contributed by atoms with van der Waals surface area (Å²) in [7, 11) is 3.33. The molecule has 0 aromatic heterocycles. The van der Waals surface area contributed by atoms with Gasteiger partial charge in [0.25, 0.3) is 0 Å². The van der Waals surface area contributed by atoms with Crippen LogP contribution in [-0.4, -0.2) is 38.1 Å². The van der Waals surface area contributed by atoms with E-state index in [1.807, 2.05) is 30.3 Å². The molecule has 4 rings (SSSR count). The van der Waals surface area contributed by atoms with Gasteiger partial charge in [0, 0.05) is 32.2 Å². The minimum atomic E-state index is -0.0729. The molecule has 1 heterocycles. The SMILES string of the molecule is COc1cc(CN2CC(C(=O)NCc3cccc(C)c3)CC(c3ccccc3)C2)cc(OC)c1. The molecule has 178 valence electrons. The molecule has 5 nitrogen and oxygen atoms in total. The van der Waals surface area contributed by atoms with Crippen molar-refractivity contribution in [2.75, 3.05) is 27.3 Å². The van der Waals surface area contributed by atoms with E-state index in [1.165, 1.54) is 11.1 Å². The number of piperidine rings is 1. The Balaban J connectivity index is 1.50. The van der Waals surface area contributed by atoms with Crippen molar-refractivity contribution in [3.05, 3.63) is 95.1 Å². The zero-order chi connectivity index (χ0) is 23.9. The lowest BCUT2D eigenvalue weighted by Crippen LogP contribution is -2.45. The third-order valence-electron chi connectivity index (χ3n) is 6.53. The lowest BCUT2D eigenvalue weighted by atomic mass is 9.84. The van der Waals surface area contributed by atoms with Gasteiger partial charge in [0.2, 0.25) is 5.91 Å². The number of likely N-dealkylation sites (tertiary alicyclic amines) is 1. The molecule has 2 atom stereocenters. The van der Waals surface area contributed by atoms with Crippen molar-refractivity contribution in [3.8, 4) is 11.5 Å². The Hall–Kier alpha value is -3.31. The predicted molar refractivity (Wildman–Crippen MR) is 135 cm³/mol. The summed E-state index contributed by atoms with van der Waals surface area (Å²) in [5.74, 6) is 1.90. The second-order valence-electron chi connectivity index (χ2n) is 9.16. The van der Waals surface area contributed by atoms with E-state index >= 15 is 0 Å². The maximum Gasteiger partial charge on any atom is 0.224 e. The Morgan fingerprint density at radius 1 is 0.912 bits per heavy atom. The van der Waals surface area contributed by atoms with Crippen LogP contribution in [0.2, 0.25) is 0 Å². The Morgan fingerprint density at radius 3 is 2.32 bits per heavy atom. The van der Waals surface area contributed by atoms with Crippen LogP contribution >= 0.6 is 0 Å². The van der Waals surface area contributed by atoms with Gasteiger partial charge in [-0.25, -0.2) is 0 Å². The second kappa shape index (κ2) is 11.2. The quantitative estimate of drug-likeness (QED) is 0.520. The van der Waals surface area contributed by atoms with Crippen molar-refractivity contribution in [2.45, 2.75) is 32.4 Å². The second-order valence-corrected chi connectivity index (χ2v) is 9.16. The molecule has 1 fully saturated rings. The van der Waals surface area contributed by atoms with E-state index in [0.29, 0.717) is 12.5 Å². The highest BCUT2D eigenvalue weighted by Crippen LogP contribution is 2.32. The molecule has 0 radical (unpaired) electrons. The van der Waals surface area contributed by atoms with Crippen molar-refractivity contribution in [2.24, 2.45) is 5.92 Å². The molecule has 2 unspecified atom stereocenters. The van der Waals surface area contributed by atoms with Gasteiger partial charge in [-0.05, 0) is 48.1 Å². The molecule has 1 aliphatic rings. The summed E-state index contributed by atoms with van der Waals surface area (Å²) in [6, 6.07) is 24.8. The Kier molecular flexibility index (Phi) is 7.86. The van der Waals surface area contributed by atoms with E-state index in [9.17, 15) is 4.79 Å². The molecular formula is C29H34N2O3. The van der Waals surface area contributed by atoms with Gasteiger partial charge in [0.1, 0.15) is 11.5 Å². The van der Waals surface area contributed by atoms with Crippen LogP contribution in [0.3, 0.4) is 0 Å². The highest BCUT2D eigenvalue weighted by atomic mass is 16.5. The molecule has 1 N–H and O–H groups in total. The number of carbonyl (C=O) groups excluding carboxylic acids is 1. The highest BCUT2D eigenvalue weighted by molar-refractivity contribution is 5.79. The van der Waals surface area contributed by atoms with Crippen LogP contribution in [0.5, 0.6) is 11.5 Å². The first-order chi connectivity index (χ1) is 16.5. The average molecular weight is 459 g/mol. The standard InChI is InChI=1S/C29H34N2O3/c1-21-8-7-9-22(12-21)17-30-29(32)26-15-25(24-10-5-4-6-11-24)19-31(20-26)18-23-13-27(33-2)16-28(14-23)34-3/h4-14,16,25-26H,15,17-20H2,1-3H3,(H,30,32). The summed E-state index contributed by atoms with van der Waals surface area (Å²) in [5, 5.41) is 3.18. The summed E-state index contributed by atoms with van der Waals surface area (Å²) in [6.07, 6.45) is 0.849. The third kappa shape index (κ3) is 6.17. The number of carbonyl (C=O) groups is 1. The number of hydrogen-bond acceptors (Lipinski definition) is 4. The third-order valence-corrected chi connectivity index (χ3v) is 6.53. The van der Waals surface area contributed by atoms with Gasteiger partial charge >= 0.3 is 0 Å². The van der Waals surface area contributed by atoms with Crippen LogP contribution in [0.15, 0.2) is 72.8 Å². The van der Waals surface area contributed by atoms with Gasteiger partial charge in [-0.3, -0.25) is 9.69 Å². The first kappa shape index (κ1) is 23.8. The predicted octanol–water partition coefficient (Wildman–Crippen LogP) is 4.93. The van der Waals surface area contributed by atoms with Crippen LogP contribution in [0.1, 0.15) is 34.6 Å². The Morgan fingerprint density at radius 2 is 1.65 bits per heavy atom. The van der Waals surface area contributed by atoms with Crippen LogP contribution in [0.4, 0.5) is 0 Å². The zero-order valence-electron chi connectivity index (χ0n) is 20.3. The minimum Gasteiger partial charge on any atom is -0.497 e. The van der Waals surface area contributed by atoms with E-state index in [2.05, 4.69) is 59.6 Å². The van der Waals surface area contributed by atoms with E-state index < -0.39 is 0 Å². The number of methoxy groups -OCH3 is 2. The molecule has 1 amide bonds. The first-order valence-electron chi connectivity index (χ1n) is 11.9. The number of nitrogens with zero attached hydrogens (tertiary/aromatic N) is 1. The summed E-state index contributed by atoms with van der Waals surface area (Å²) < 4.78 is 10.9. The van der Waals surface area contributed by atoms with Crippen LogP contribution in [0.25, 0.3) is 0 Å². The largest absolute Gasteiger partial charge is 0.497 e. The zero-order valence-corrected chi connectivity index (χ0v) is 20.3. The van der Waals surface area contributed by atoms with E-state index in [0.717, 1.165) is 48.7 Å². The van der Waals surface area contributed by atoms with Crippen molar-refractivity contribution >= 4 is 5.91 Å². The summed E-state index contributed by atoms with van der Waals surface area (Å²) in [4.78, 5) is 15.6. The molecule has 3 aromatic carbocycles. The number of aryl methyl sites for hydroxylation is 1. The number of ether oxygens (including phenoxy) is 2. The summed E-state index contributed by atoms with van der Waals surface area (Å²) in [6.45, 7) is 4.99. The lowest BCUT2D eigenvalue weighted by molar-refractivity contribution is -0.127. The maximum absolute atomic E-state index is 13.3. The van der Waals surface area contributed by atoms with Gasteiger partial charge in [0.15, 0.2) is 0 Å².